The molecule has 0 radical (unpaired) electrons. The number of aliphatic hydroxyl groups excluding tert-OH is 1. The molecule has 0 fully saturated rings. The average Bonchev–Trinajstić information content (AvgIpc) is 2.37. The molecule has 0 aliphatic rings. The van der Waals surface area contributed by atoms with Gasteiger partial charge in [0.2, 0.25) is 0 Å². The van der Waals surface area contributed by atoms with Gasteiger partial charge < -0.3 is 10.8 Å². The molecule has 0 amide bonds. The number of rotatable bonds is 2. The summed E-state index contributed by atoms with van der Waals surface area (Å²) in [5.41, 5.74) is 5.50. The highest BCUT2D eigenvalue weighted by molar-refractivity contribution is 7.10. The second-order valence-electron chi connectivity index (χ2n) is 1.80. The number of nitrogens with two attached hydrogens (primary N) is 1. The van der Waals surface area contributed by atoms with Crippen LogP contribution in [-0.2, 0) is 0 Å². The van der Waals surface area contributed by atoms with Gasteiger partial charge in [-0.3, -0.25) is 0 Å². The Bertz CT molecular complexity index is 166. The fraction of sp³-hybridized carbons (Fsp3) is 0.333. The van der Waals surface area contributed by atoms with Crippen molar-refractivity contribution in [1.29, 1.82) is 0 Å². The van der Waals surface area contributed by atoms with E-state index in [2.05, 4.69) is 0 Å². The Morgan fingerprint density at radius 2 is 2.40 bits per heavy atom. The molecule has 0 aliphatic heterocycles. The highest BCUT2D eigenvalue weighted by atomic mass is 35.5. The van der Waals surface area contributed by atoms with Gasteiger partial charge in [-0.1, -0.05) is 6.07 Å². The third-order valence-corrected chi connectivity index (χ3v) is 2.11. The number of thiophene rings is 1. The fourth-order valence-corrected chi connectivity index (χ4v) is 1.31. The van der Waals surface area contributed by atoms with Crippen molar-refractivity contribution in [3.05, 3.63) is 22.4 Å². The van der Waals surface area contributed by atoms with Gasteiger partial charge in [-0.05, 0) is 11.4 Å². The van der Waals surface area contributed by atoms with Crippen LogP contribution in [0.2, 0.25) is 0 Å². The molecule has 58 valence electrons. The predicted molar refractivity (Wildman–Crippen MR) is 45.6 cm³/mol. The van der Waals surface area contributed by atoms with E-state index >= 15 is 0 Å². The Balaban J connectivity index is 0.000000810. The Morgan fingerprint density at radius 3 is 2.80 bits per heavy atom. The Labute approximate surface area is 70.1 Å². The summed E-state index contributed by atoms with van der Waals surface area (Å²) in [5.74, 6) is 0. The highest BCUT2D eigenvalue weighted by Crippen LogP contribution is 2.15. The molecule has 1 aromatic heterocycles. The van der Waals surface area contributed by atoms with Crippen LogP contribution in [0.3, 0.4) is 0 Å². The summed E-state index contributed by atoms with van der Waals surface area (Å²) in [6.07, 6.45) is 0. The monoisotopic (exact) mass is 179 g/mol. The molecule has 3 N–H and O–H groups in total. The van der Waals surface area contributed by atoms with Crippen LogP contribution in [0, 0.1) is 0 Å². The number of hydrogen-bond acceptors (Lipinski definition) is 3. The van der Waals surface area contributed by atoms with Crippen LogP contribution in [0.15, 0.2) is 17.5 Å². The molecule has 4 heteroatoms. The lowest BCUT2D eigenvalue weighted by Gasteiger charge is -2.01. The minimum Gasteiger partial charge on any atom is -0.394 e. The second kappa shape index (κ2) is 4.68. The van der Waals surface area contributed by atoms with Gasteiger partial charge in [0, 0.05) is 4.88 Å². The van der Waals surface area contributed by atoms with Crippen LogP contribution in [-0.4, -0.2) is 11.7 Å². The van der Waals surface area contributed by atoms with E-state index in [1.807, 2.05) is 17.5 Å². The number of hydrogen-bond donors (Lipinski definition) is 2. The molecule has 0 unspecified atom stereocenters. The van der Waals surface area contributed by atoms with E-state index in [0.29, 0.717) is 0 Å². The fourth-order valence-electron chi connectivity index (χ4n) is 0.592. The van der Waals surface area contributed by atoms with Crippen LogP contribution >= 0.6 is 23.7 Å². The van der Waals surface area contributed by atoms with Crippen molar-refractivity contribution in [1.82, 2.24) is 0 Å². The second-order valence-corrected chi connectivity index (χ2v) is 2.78. The van der Waals surface area contributed by atoms with E-state index in [4.69, 9.17) is 10.8 Å². The van der Waals surface area contributed by atoms with Crippen molar-refractivity contribution in [2.24, 2.45) is 5.73 Å². The molecule has 0 saturated carbocycles. The van der Waals surface area contributed by atoms with Crippen molar-refractivity contribution in [3.8, 4) is 0 Å². The maximum atomic E-state index is 8.59. The molecular weight excluding hydrogens is 170 g/mol. The molecule has 1 rings (SSSR count). The van der Waals surface area contributed by atoms with Crippen LogP contribution in [0.4, 0.5) is 0 Å². The zero-order valence-electron chi connectivity index (χ0n) is 5.36. The minimum atomic E-state index is -0.190. The summed E-state index contributed by atoms with van der Waals surface area (Å²) in [6.45, 7) is 0.0283. The molecule has 10 heavy (non-hydrogen) atoms. The normalized spacial score (nSPS) is 12.2. The first-order chi connectivity index (χ1) is 4.34. The third-order valence-electron chi connectivity index (χ3n) is 1.11. The van der Waals surface area contributed by atoms with Crippen LogP contribution < -0.4 is 5.73 Å². The molecule has 2 nitrogen and oxygen atoms in total. The summed E-state index contributed by atoms with van der Waals surface area (Å²) >= 11 is 1.57. The molecule has 0 saturated heterocycles. The minimum absolute atomic E-state index is 0. The number of halogens is 1. The van der Waals surface area contributed by atoms with Crippen molar-refractivity contribution >= 4 is 23.7 Å². The predicted octanol–water partition coefficient (Wildman–Crippen LogP) is 1.16. The van der Waals surface area contributed by atoms with Gasteiger partial charge in [0.15, 0.2) is 0 Å². The zero-order valence-corrected chi connectivity index (χ0v) is 6.99. The first kappa shape index (κ1) is 9.91. The molecule has 1 aromatic rings. The summed E-state index contributed by atoms with van der Waals surface area (Å²) in [5, 5.41) is 10.5. The molecule has 0 spiro atoms. The van der Waals surface area contributed by atoms with Crippen molar-refractivity contribution in [3.63, 3.8) is 0 Å². The van der Waals surface area contributed by atoms with Crippen LogP contribution in [0.25, 0.3) is 0 Å². The third kappa shape index (κ3) is 2.27. The first-order valence-corrected chi connectivity index (χ1v) is 3.62. The molecule has 0 aliphatic carbocycles. The number of aliphatic hydroxyl groups is 1. The Hall–Kier alpha value is -0.0900. The van der Waals surface area contributed by atoms with Gasteiger partial charge in [-0.15, -0.1) is 23.7 Å². The van der Waals surface area contributed by atoms with Crippen LogP contribution in [0.1, 0.15) is 10.9 Å². The molecule has 0 bridgehead atoms. The maximum absolute atomic E-state index is 8.59. The SMILES string of the molecule is Cl.N[C@H](CO)c1cccs1. The van der Waals surface area contributed by atoms with Crippen molar-refractivity contribution in [2.45, 2.75) is 6.04 Å². The lowest BCUT2D eigenvalue weighted by molar-refractivity contribution is 0.269. The Kier molecular flexibility index (Phi) is 4.64. The lowest BCUT2D eigenvalue weighted by atomic mass is 10.3. The summed E-state index contributed by atoms with van der Waals surface area (Å²) in [4.78, 5) is 1.04. The lowest BCUT2D eigenvalue weighted by Crippen LogP contribution is -2.12. The average molecular weight is 180 g/mol. The highest BCUT2D eigenvalue weighted by Gasteiger charge is 2.02. The first-order valence-electron chi connectivity index (χ1n) is 2.74. The van der Waals surface area contributed by atoms with Gasteiger partial charge in [-0.25, -0.2) is 0 Å². The quantitative estimate of drug-likeness (QED) is 0.716. The smallest absolute Gasteiger partial charge is 0.0632 e. The standard InChI is InChI=1S/C6H9NOS.ClH/c7-5(4-8)6-2-1-3-9-6;/h1-3,5,8H,4,7H2;1H/t5-;/m1./s1. The van der Waals surface area contributed by atoms with Gasteiger partial charge >= 0.3 is 0 Å². The van der Waals surface area contributed by atoms with E-state index in [0.717, 1.165) is 4.88 Å². The van der Waals surface area contributed by atoms with Gasteiger partial charge in [0.1, 0.15) is 0 Å². The largest absolute Gasteiger partial charge is 0.394 e. The summed E-state index contributed by atoms with van der Waals surface area (Å²) < 4.78 is 0. The summed E-state index contributed by atoms with van der Waals surface area (Å²) in [6, 6.07) is 3.66. The van der Waals surface area contributed by atoms with E-state index in [1.54, 1.807) is 11.3 Å². The molecule has 0 aromatic carbocycles. The van der Waals surface area contributed by atoms with E-state index in [9.17, 15) is 0 Å². The van der Waals surface area contributed by atoms with E-state index < -0.39 is 0 Å². The van der Waals surface area contributed by atoms with E-state index in [-0.39, 0.29) is 25.1 Å². The van der Waals surface area contributed by atoms with Gasteiger partial charge in [-0.2, -0.15) is 0 Å². The van der Waals surface area contributed by atoms with Gasteiger partial charge in [0.25, 0.3) is 0 Å². The molecule has 1 atom stereocenters. The molecule has 1 heterocycles. The molecular formula is C6H10ClNOS. The van der Waals surface area contributed by atoms with Crippen LogP contribution in [0.5, 0.6) is 0 Å². The zero-order chi connectivity index (χ0) is 6.69. The maximum Gasteiger partial charge on any atom is 0.0632 e. The van der Waals surface area contributed by atoms with E-state index in [1.165, 1.54) is 0 Å². The van der Waals surface area contributed by atoms with Crippen molar-refractivity contribution in [2.75, 3.05) is 6.61 Å². The topological polar surface area (TPSA) is 46.2 Å². The van der Waals surface area contributed by atoms with Crippen molar-refractivity contribution < 1.29 is 5.11 Å². The van der Waals surface area contributed by atoms with Gasteiger partial charge in [0.05, 0.1) is 12.6 Å². The Morgan fingerprint density at radius 1 is 1.70 bits per heavy atom. The summed E-state index contributed by atoms with van der Waals surface area (Å²) in [7, 11) is 0.